The Labute approximate surface area is 176 Å². The molecule has 1 heterocycles. The molecule has 1 amide bonds. The molecule has 0 bridgehead atoms. The van der Waals surface area contributed by atoms with E-state index in [4.69, 9.17) is 14.2 Å². The summed E-state index contributed by atoms with van der Waals surface area (Å²) in [6.45, 7) is 1.80. The summed E-state index contributed by atoms with van der Waals surface area (Å²) < 4.78 is 16.5. The van der Waals surface area contributed by atoms with Gasteiger partial charge in [0.2, 0.25) is 0 Å². The number of carbonyl (C=O) groups excluding carboxylic acids is 1. The number of hydrogen-bond donors (Lipinski definition) is 0. The van der Waals surface area contributed by atoms with E-state index >= 15 is 0 Å². The van der Waals surface area contributed by atoms with Gasteiger partial charge < -0.3 is 19.1 Å². The molecule has 5 heteroatoms. The van der Waals surface area contributed by atoms with Gasteiger partial charge in [-0.1, -0.05) is 36.4 Å². The Morgan fingerprint density at radius 2 is 1.70 bits per heavy atom. The summed E-state index contributed by atoms with van der Waals surface area (Å²) in [6, 6.07) is 21.5. The average Bonchev–Trinajstić information content (AvgIpc) is 2.82. The Morgan fingerprint density at radius 3 is 2.47 bits per heavy atom. The molecule has 4 rings (SSSR count). The minimum absolute atomic E-state index is 0.00833. The van der Waals surface area contributed by atoms with E-state index in [0.717, 1.165) is 23.3 Å². The fraction of sp³-hybridized carbons (Fsp3) is 0.240. The standard InChI is InChI=1S/C25H25NO4/c1-28-23-11-9-20(15-24(23)29-2)25(27)26-13-12-19-14-22(10-8-21(19)16-26)30-17-18-6-4-3-5-7-18/h3-11,14-15H,12-13,16-17H2,1-2H3. The largest absolute Gasteiger partial charge is 0.493 e. The summed E-state index contributed by atoms with van der Waals surface area (Å²) in [5, 5.41) is 0. The molecule has 0 spiro atoms. The maximum absolute atomic E-state index is 13.0. The van der Waals surface area contributed by atoms with Gasteiger partial charge >= 0.3 is 0 Å². The second-order valence-electron chi connectivity index (χ2n) is 7.25. The topological polar surface area (TPSA) is 48.0 Å². The molecule has 0 aliphatic carbocycles. The number of methoxy groups -OCH3 is 2. The molecule has 0 saturated carbocycles. The second kappa shape index (κ2) is 8.91. The van der Waals surface area contributed by atoms with Gasteiger partial charge in [0.1, 0.15) is 12.4 Å². The van der Waals surface area contributed by atoms with Crippen molar-refractivity contribution in [2.45, 2.75) is 19.6 Å². The van der Waals surface area contributed by atoms with Gasteiger partial charge in [0.05, 0.1) is 14.2 Å². The molecule has 0 aromatic heterocycles. The predicted octanol–water partition coefficient (Wildman–Crippen LogP) is 4.48. The quantitative estimate of drug-likeness (QED) is 0.609. The number of ether oxygens (including phenoxy) is 3. The summed E-state index contributed by atoms with van der Waals surface area (Å²) in [5.74, 6) is 2.02. The van der Waals surface area contributed by atoms with Gasteiger partial charge in [0.25, 0.3) is 5.91 Å². The van der Waals surface area contributed by atoms with Crippen LogP contribution in [0.2, 0.25) is 0 Å². The van der Waals surface area contributed by atoms with Crippen molar-refractivity contribution in [3.8, 4) is 17.2 Å². The molecule has 1 aliphatic rings. The van der Waals surface area contributed by atoms with Crippen molar-refractivity contribution in [2.24, 2.45) is 0 Å². The van der Waals surface area contributed by atoms with Crippen LogP contribution < -0.4 is 14.2 Å². The van der Waals surface area contributed by atoms with Gasteiger partial charge in [0.15, 0.2) is 11.5 Å². The van der Waals surface area contributed by atoms with E-state index < -0.39 is 0 Å². The Bertz CT molecular complexity index is 1030. The number of nitrogens with zero attached hydrogens (tertiary/aromatic N) is 1. The van der Waals surface area contributed by atoms with E-state index in [1.165, 1.54) is 5.56 Å². The molecule has 0 saturated heterocycles. The van der Waals surface area contributed by atoms with E-state index in [2.05, 4.69) is 24.3 Å². The van der Waals surface area contributed by atoms with Crippen molar-refractivity contribution in [2.75, 3.05) is 20.8 Å². The first-order chi connectivity index (χ1) is 14.7. The van der Waals surface area contributed by atoms with Crippen molar-refractivity contribution < 1.29 is 19.0 Å². The lowest BCUT2D eigenvalue weighted by atomic mass is 9.98. The Morgan fingerprint density at radius 1 is 0.900 bits per heavy atom. The van der Waals surface area contributed by atoms with Crippen molar-refractivity contribution in [1.82, 2.24) is 4.90 Å². The molecule has 0 radical (unpaired) electrons. The van der Waals surface area contributed by atoms with Crippen LogP contribution in [0.1, 0.15) is 27.0 Å². The molecule has 0 unspecified atom stereocenters. The average molecular weight is 403 g/mol. The summed E-state index contributed by atoms with van der Waals surface area (Å²) >= 11 is 0. The summed E-state index contributed by atoms with van der Waals surface area (Å²) in [7, 11) is 3.15. The molecule has 5 nitrogen and oxygen atoms in total. The monoisotopic (exact) mass is 403 g/mol. The molecule has 154 valence electrons. The van der Waals surface area contributed by atoms with E-state index in [1.807, 2.05) is 29.2 Å². The van der Waals surface area contributed by atoms with Crippen LogP contribution in [0.25, 0.3) is 0 Å². The van der Waals surface area contributed by atoms with Crippen LogP contribution in [-0.2, 0) is 19.6 Å². The minimum Gasteiger partial charge on any atom is -0.493 e. The molecular formula is C25H25NO4. The first kappa shape index (κ1) is 19.8. The molecule has 3 aromatic rings. The molecular weight excluding hydrogens is 378 g/mol. The van der Waals surface area contributed by atoms with E-state index in [-0.39, 0.29) is 5.91 Å². The molecule has 1 aliphatic heterocycles. The smallest absolute Gasteiger partial charge is 0.254 e. The fourth-order valence-electron chi connectivity index (χ4n) is 3.69. The van der Waals surface area contributed by atoms with Gasteiger partial charge in [0, 0.05) is 18.7 Å². The highest BCUT2D eigenvalue weighted by molar-refractivity contribution is 5.95. The van der Waals surface area contributed by atoms with Crippen LogP contribution in [0.4, 0.5) is 0 Å². The second-order valence-corrected chi connectivity index (χ2v) is 7.25. The highest BCUT2D eigenvalue weighted by Crippen LogP contribution is 2.30. The Kier molecular flexibility index (Phi) is 5.89. The molecule has 0 atom stereocenters. The first-order valence-corrected chi connectivity index (χ1v) is 9.98. The van der Waals surface area contributed by atoms with E-state index in [0.29, 0.717) is 36.8 Å². The third kappa shape index (κ3) is 4.25. The maximum atomic E-state index is 13.0. The number of amides is 1. The summed E-state index contributed by atoms with van der Waals surface area (Å²) in [6.07, 6.45) is 0.802. The third-order valence-electron chi connectivity index (χ3n) is 5.36. The van der Waals surface area contributed by atoms with Crippen molar-refractivity contribution in [3.05, 3.63) is 89.0 Å². The minimum atomic E-state index is -0.00833. The van der Waals surface area contributed by atoms with Crippen molar-refractivity contribution >= 4 is 5.91 Å². The van der Waals surface area contributed by atoms with Gasteiger partial charge in [-0.15, -0.1) is 0 Å². The van der Waals surface area contributed by atoms with Crippen LogP contribution in [0, 0.1) is 0 Å². The van der Waals surface area contributed by atoms with Gasteiger partial charge in [-0.3, -0.25) is 4.79 Å². The fourth-order valence-corrected chi connectivity index (χ4v) is 3.69. The van der Waals surface area contributed by atoms with Crippen LogP contribution in [0.3, 0.4) is 0 Å². The van der Waals surface area contributed by atoms with Gasteiger partial charge in [-0.05, 0) is 53.4 Å². The van der Waals surface area contributed by atoms with Crippen LogP contribution >= 0.6 is 0 Å². The van der Waals surface area contributed by atoms with Gasteiger partial charge in [-0.2, -0.15) is 0 Å². The zero-order valence-corrected chi connectivity index (χ0v) is 17.3. The summed E-state index contributed by atoms with van der Waals surface area (Å²) in [5.41, 5.74) is 4.12. The maximum Gasteiger partial charge on any atom is 0.254 e. The lowest BCUT2D eigenvalue weighted by Gasteiger charge is -2.29. The third-order valence-corrected chi connectivity index (χ3v) is 5.36. The van der Waals surface area contributed by atoms with E-state index in [9.17, 15) is 4.79 Å². The predicted molar refractivity (Wildman–Crippen MR) is 115 cm³/mol. The van der Waals surface area contributed by atoms with Crippen molar-refractivity contribution in [1.29, 1.82) is 0 Å². The number of carbonyl (C=O) groups is 1. The summed E-state index contributed by atoms with van der Waals surface area (Å²) in [4.78, 5) is 14.9. The molecule has 0 fully saturated rings. The number of hydrogen-bond acceptors (Lipinski definition) is 4. The zero-order chi connectivity index (χ0) is 20.9. The van der Waals surface area contributed by atoms with Crippen molar-refractivity contribution in [3.63, 3.8) is 0 Å². The van der Waals surface area contributed by atoms with E-state index in [1.54, 1.807) is 32.4 Å². The van der Waals surface area contributed by atoms with Crippen LogP contribution in [0.15, 0.2) is 66.7 Å². The zero-order valence-electron chi connectivity index (χ0n) is 17.3. The molecule has 0 N–H and O–H groups in total. The normalized spacial score (nSPS) is 12.8. The lowest BCUT2D eigenvalue weighted by molar-refractivity contribution is 0.0734. The highest BCUT2D eigenvalue weighted by Gasteiger charge is 2.23. The van der Waals surface area contributed by atoms with Gasteiger partial charge in [-0.25, -0.2) is 0 Å². The Balaban J connectivity index is 1.44. The highest BCUT2D eigenvalue weighted by atomic mass is 16.5. The number of rotatable bonds is 6. The lowest BCUT2D eigenvalue weighted by Crippen LogP contribution is -2.35. The SMILES string of the molecule is COc1ccc(C(=O)N2CCc3cc(OCc4ccccc4)ccc3C2)cc1OC. The number of benzene rings is 3. The number of fused-ring (bicyclic) bond motifs is 1. The first-order valence-electron chi connectivity index (χ1n) is 9.98. The molecule has 30 heavy (non-hydrogen) atoms. The van der Waals surface area contributed by atoms with Crippen LogP contribution in [0.5, 0.6) is 17.2 Å². The Hall–Kier alpha value is -3.47. The van der Waals surface area contributed by atoms with Crippen LogP contribution in [-0.4, -0.2) is 31.6 Å². The molecule has 3 aromatic carbocycles.